The van der Waals surface area contributed by atoms with E-state index < -0.39 is 0 Å². The minimum absolute atomic E-state index is 0.204. The summed E-state index contributed by atoms with van der Waals surface area (Å²) in [6, 6.07) is 13.9. The van der Waals surface area contributed by atoms with Crippen LogP contribution in [0.15, 0.2) is 71.7 Å². The van der Waals surface area contributed by atoms with E-state index in [9.17, 15) is 4.79 Å². The summed E-state index contributed by atoms with van der Waals surface area (Å²) < 4.78 is 6.91. The highest BCUT2D eigenvalue weighted by molar-refractivity contribution is 5.92. The molecule has 0 atom stereocenters. The molecule has 0 aliphatic rings. The van der Waals surface area contributed by atoms with Crippen LogP contribution in [0.2, 0.25) is 0 Å². The molecule has 1 amide bonds. The standard InChI is InChI=1S/C23H22N6O2/c1-17-26-22(31-28-17)11-13-25-21(30)10-9-20-16-29(15-18-6-3-2-4-7-18)27-23(20)19-8-5-12-24-14-19/h2-10,12,14,16H,11,13,15H2,1H3,(H,25,30)/b10-9+. The molecule has 4 rings (SSSR count). The highest BCUT2D eigenvalue weighted by Crippen LogP contribution is 2.23. The number of nitrogens with one attached hydrogen (secondary N) is 1. The average Bonchev–Trinajstić information content (AvgIpc) is 3.39. The quantitative estimate of drug-likeness (QED) is 0.445. The van der Waals surface area contributed by atoms with E-state index in [-0.39, 0.29) is 5.91 Å². The van der Waals surface area contributed by atoms with Crippen LogP contribution in [0, 0.1) is 6.92 Å². The van der Waals surface area contributed by atoms with E-state index in [4.69, 9.17) is 9.62 Å². The first kappa shape index (κ1) is 20.2. The summed E-state index contributed by atoms with van der Waals surface area (Å²) in [5.41, 5.74) is 3.65. The summed E-state index contributed by atoms with van der Waals surface area (Å²) in [4.78, 5) is 20.6. The predicted molar refractivity (Wildman–Crippen MR) is 116 cm³/mol. The third-order valence-corrected chi connectivity index (χ3v) is 4.53. The molecule has 0 bridgehead atoms. The second kappa shape index (κ2) is 9.62. The maximum Gasteiger partial charge on any atom is 0.244 e. The Balaban J connectivity index is 1.47. The van der Waals surface area contributed by atoms with Crippen LogP contribution in [-0.2, 0) is 17.8 Å². The van der Waals surface area contributed by atoms with Crippen LogP contribution in [0.5, 0.6) is 0 Å². The Bertz CT molecular complexity index is 1170. The Morgan fingerprint density at radius 3 is 2.81 bits per heavy atom. The van der Waals surface area contributed by atoms with Gasteiger partial charge in [-0.25, -0.2) is 0 Å². The van der Waals surface area contributed by atoms with Crippen molar-refractivity contribution in [3.05, 3.63) is 90.0 Å². The molecule has 0 fully saturated rings. The van der Waals surface area contributed by atoms with Gasteiger partial charge in [-0.3, -0.25) is 14.5 Å². The molecule has 156 valence electrons. The van der Waals surface area contributed by atoms with Gasteiger partial charge in [-0.2, -0.15) is 10.1 Å². The second-order valence-corrected chi connectivity index (χ2v) is 6.97. The van der Waals surface area contributed by atoms with E-state index in [0.717, 1.165) is 22.4 Å². The predicted octanol–water partition coefficient (Wildman–Crippen LogP) is 3.06. The van der Waals surface area contributed by atoms with E-state index in [1.54, 1.807) is 25.4 Å². The maximum atomic E-state index is 12.3. The van der Waals surface area contributed by atoms with Crippen molar-refractivity contribution < 1.29 is 9.32 Å². The van der Waals surface area contributed by atoms with Gasteiger partial charge >= 0.3 is 0 Å². The third kappa shape index (κ3) is 5.51. The SMILES string of the molecule is Cc1noc(CCNC(=O)/C=C/c2cn(Cc3ccccc3)nc2-c2cccnc2)n1. The number of aryl methyl sites for hydroxylation is 1. The molecule has 0 aliphatic heterocycles. The van der Waals surface area contributed by atoms with Crippen LogP contribution >= 0.6 is 0 Å². The molecule has 3 heterocycles. The van der Waals surface area contributed by atoms with Crippen LogP contribution in [-0.4, -0.2) is 37.4 Å². The second-order valence-electron chi connectivity index (χ2n) is 6.97. The molecule has 0 radical (unpaired) electrons. The number of nitrogens with zero attached hydrogens (tertiary/aromatic N) is 5. The molecule has 0 saturated carbocycles. The third-order valence-electron chi connectivity index (χ3n) is 4.53. The summed E-state index contributed by atoms with van der Waals surface area (Å²) >= 11 is 0. The summed E-state index contributed by atoms with van der Waals surface area (Å²) in [5, 5.41) is 11.3. The summed E-state index contributed by atoms with van der Waals surface area (Å²) in [7, 11) is 0. The number of amides is 1. The van der Waals surface area contributed by atoms with Gasteiger partial charge in [-0.15, -0.1) is 0 Å². The first-order chi connectivity index (χ1) is 15.2. The summed E-state index contributed by atoms with van der Waals surface area (Å²) in [6.07, 6.45) is 9.17. The lowest BCUT2D eigenvalue weighted by molar-refractivity contribution is -0.116. The Morgan fingerprint density at radius 2 is 2.06 bits per heavy atom. The van der Waals surface area contributed by atoms with Gasteiger partial charge in [0.2, 0.25) is 11.8 Å². The first-order valence-electron chi connectivity index (χ1n) is 9.94. The van der Waals surface area contributed by atoms with Crippen molar-refractivity contribution in [3.63, 3.8) is 0 Å². The first-order valence-corrected chi connectivity index (χ1v) is 9.94. The van der Waals surface area contributed by atoms with Crippen molar-refractivity contribution in [1.82, 2.24) is 30.2 Å². The number of pyridine rings is 1. The minimum Gasteiger partial charge on any atom is -0.352 e. The molecule has 1 N–H and O–H groups in total. The molecule has 0 spiro atoms. The van der Waals surface area contributed by atoms with Gasteiger partial charge in [0.1, 0.15) is 5.69 Å². The molecule has 8 heteroatoms. The fraction of sp³-hybridized carbons (Fsp3) is 0.174. The van der Waals surface area contributed by atoms with E-state index in [2.05, 4.69) is 32.6 Å². The lowest BCUT2D eigenvalue weighted by atomic mass is 10.1. The van der Waals surface area contributed by atoms with E-state index in [1.165, 1.54) is 6.08 Å². The van der Waals surface area contributed by atoms with Gasteiger partial charge in [0.05, 0.1) is 6.54 Å². The fourth-order valence-corrected chi connectivity index (χ4v) is 3.10. The fourth-order valence-electron chi connectivity index (χ4n) is 3.10. The van der Waals surface area contributed by atoms with Crippen molar-refractivity contribution in [3.8, 4) is 11.3 Å². The Kier molecular flexibility index (Phi) is 6.27. The molecule has 31 heavy (non-hydrogen) atoms. The van der Waals surface area contributed by atoms with Crippen molar-refractivity contribution in [1.29, 1.82) is 0 Å². The van der Waals surface area contributed by atoms with Gasteiger partial charge in [-0.05, 0) is 30.7 Å². The number of aromatic nitrogens is 5. The van der Waals surface area contributed by atoms with E-state index >= 15 is 0 Å². The smallest absolute Gasteiger partial charge is 0.244 e. The van der Waals surface area contributed by atoms with Crippen LogP contribution in [0.1, 0.15) is 22.8 Å². The van der Waals surface area contributed by atoms with Crippen molar-refractivity contribution in [2.24, 2.45) is 0 Å². The topological polar surface area (TPSA) is 98.7 Å². The molecular formula is C23H22N6O2. The molecule has 0 aliphatic carbocycles. The van der Waals surface area contributed by atoms with Gasteiger partial charge in [0.15, 0.2) is 5.82 Å². The largest absolute Gasteiger partial charge is 0.352 e. The molecule has 3 aromatic heterocycles. The molecule has 4 aromatic rings. The summed E-state index contributed by atoms with van der Waals surface area (Å²) in [5.74, 6) is 0.878. The van der Waals surface area contributed by atoms with E-state index in [1.807, 2.05) is 41.2 Å². The summed E-state index contributed by atoms with van der Waals surface area (Å²) in [6.45, 7) is 2.80. The normalized spacial score (nSPS) is 11.1. The number of hydrogen-bond donors (Lipinski definition) is 1. The molecule has 1 aromatic carbocycles. The van der Waals surface area contributed by atoms with Gasteiger partial charge in [0.25, 0.3) is 0 Å². The lowest BCUT2D eigenvalue weighted by Gasteiger charge is -2.01. The Labute approximate surface area is 179 Å². The van der Waals surface area contributed by atoms with E-state index in [0.29, 0.717) is 31.2 Å². The Morgan fingerprint density at radius 1 is 1.19 bits per heavy atom. The molecule has 8 nitrogen and oxygen atoms in total. The number of rotatable bonds is 8. The molecule has 0 unspecified atom stereocenters. The minimum atomic E-state index is -0.204. The maximum absolute atomic E-state index is 12.3. The highest BCUT2D eigenvalue weighted by atomic mass is 16.5. The van der Waals surface area contributed by atoms with Gasteiger partial charge in [-0.1, -0.05) is 35.5 Å². The molecular weight excluding hydrogens is 392 g/mol. The van der Waals surface area contributed by atoms with Gasteiger partial charge in [0, 0.05) is 48.8 Å². The zero-order valence-corrected chi connectivity index (χ0v) is 17.1. The van der Waals surface area contributed by atoms with Crippen LogP contribution in [0.25, 0.3) is 17.3 Å². The zero-order valence-electron chi connectivity index (χ0n) is 17.1. The Hall–Kier alpha value is -4.07. The van der Waals surface area contributed by atoms with Crippen molar-refractivity contribution >= 4 is 12.0 Å². The number of carbonyl (C=O) groups excluding carboxylic acids is 1. The number of hydrogen-bond acceptors (Lipinski definition) is 6. The van der Waals surface area contributed by atoms with Crippen molar-refractivity contribution in [2.45, 2.75) is 19.9 Å². The highest BCUT2D eigenvalue weighted by Gasteiger charge is 2.10. The molecule has 0 saturated heterocycles. The number of carbonyl (C=O) groups is 1. The number of benzene rings is 1. The van der Waals surface area contributed by atoms with Crippen LogP contribution in [0.4, 0.5) is 0 Å². The zero-order chi connectivity index (χ0) is 21.5. The van der Waals surface area contributed by atoms with Crippen LogP contribution in [0.3, 0.4) is 0 Å². The average molecular weight is 414 g/mol. The van der Waals surface area contributed by atoms with Crippen molar-refractivity contribution in [2.75, 3.05) is 6.54 Å². The van der Waals surface area contributed by atoms with Crippen LogP contribution < -0.4 is 5.32 Å². The monoisotopic (exact) mass is 414 g/mol. The lowest BCUT2D eigenvalue weighted by Crippen LogP contribution is -2.23. The van der Waals surface area contributed by atoms with Gasteiger partial charge < -0.3 is 9.84 Å².